The number of likely N-dealkylation sites (N-methyl/N-ethyl adjacent to an activating group) is 2. The van der Waals surface area contributed by atoms with Crippen molar-refractivity contribution < 1.29 is 4.79 Å². The van der Waals surface area contributed by atoms with Gasteiger partial charge >= 0.3 is 0 Å². The summed E-state index contributed by atoms with van der Waals surface area (Å²) in [5.41, 5.74) is 2.63. The summed E-state index contributed by atoms with van der Waals surface area (Å²) in [7, 11) is 5.87. The van der Waals surface area contributed by atoms with Gasteiger partial charge in [0.2, 0.25) is 0 Å². The van der Waals surface area contributed by atoms with Crippen LogP contribution in [0.15, 0.2) is 43.0 Å². The van der Waals surface area contributed by atoms with Crippen molar-refractivity contribution in [3.63, 3.8) is 0 Å². The van der Waals surface area contributed by atoms with Crippen LogP contribution in [0.4, 0.5) is 5.69 Å². The van der Waals surface area contributed by atoms with Crippen molar-refractivity contribution in [1.82, 2.24) is 19.8 Å². The van der Waals surface area contributed by atoms with Crippen molar-refractivity contribution in [2.45, 2.75) is 6.42 Å². The minimum Gasteiger partial charge on any atom is -0.382 e. The molecule has 0 bridgehead atoms. The van der Waals surface area contributed by atoms with Gasteiger partial charge in [-0.15, -0.1) is 0 Å². The van der Waals surface area contributed by atoms with Crippen molar-refractivity contribution in [2.75, 3.05) is 46.1 Å². The van der Waals surface area contributed by atoms with Gasteiger partial charge in [0, 0.05) is 51.5 Å². The third-order valence-electron chi connectivity index (χ3n) is 3.71. The number of pyridine rings is 2. The van der Waals surface area contributed by atoms with Crippen molar-refractivity contribution in [3.05, 3.63) is 54.1 Å². The molecule has 0 saturated carbocycles. The van der Waals surface area contributed by atoms with E-state index in [-0.39, 0.29) is 5.91 Å². The van der Waals surface area contributed by atoms with Crippen LogP contribution in [0.5, 0.6) is 0 Å². The van der Waals surface area contributed by atoms with Crippen LogP contribution in [0, 0.1) is 0 Å². The first-order valence-corrected chi connectivity index (χ1v) is 8.04. The molecular weight excluding hydrogens is 302 g/mol. The van der Waals surface area contributed by atoms with E-state index >= 15 is 0 Å². The molecule has 1 N–H and O–H groups in total. The second-order valence-corrected chi connectivity index (χ2v) is 6.02. The molecule has 0 atom stereocenters. The van der Waals surface area contributed by atoms with Crippen molar-refractivity contribution >= 4 is 11.6 Å². The number of carbonyl (C=O) groups excluding carboxylic acids is 1. The molecule has 0 spiro atoms. The molecule has 0 aliphatic heterocycles. The van der Waals surface area contributed by atoms with E-state index in [4.69, 9.17) is 0 Å². The summed E-state index contributed by atoms with van der Waals surface area (Å²) < 4.78 is 0. The maximum Gasteiger partial charge on any atom is 0.255 e. The first kappa shape index (κ1) is 17.9. The number of anilines is 1. The molecule has 2 rings (SSSR count). The highest BCUT2D eigenvalue weighted by Crippen LogP contribution is 2.11. The van der Waals surface area contributed by atoms with Crippen molar-refractivity contribution in [2.24, 2.45) is 0 Å². The maximum absolute atomic E-state index is 12.5. The Bertz CT molecular complexity index is 645. The molecule has 0 aliphatic carbocycles. The van der Waals surface area contributed by atoms with Crippen LogP contribution in [0.1, 0.15) is 15.9 Å². The van der Waals surface area contributed by atoms with E-state index in [1.807, 2.05) is 39.3 Å². The molecule has 128 valence electrons. The van der Waals surface area contributed by atoms with E-state index in [9.17, 15) is 4.79 Å². The van der Waals surface area contributed by atoms with E-state index < -0.39 is 0 Å². The lowest BCUT2D eigenvalue weighted by molar-refractivity contribution is 0.0796. The Morgan fingerprint density at radius 2 is 1.83 bits per heavy atom. The molecule has 6 nitrogen and oxygen atoms in total. The summed E-state index contributed by atoms with van der Waals surface area (Å²) in [6.07, 6.45) is 7.69. The van der Waals surface area contributed by atoms with E-state index in [0.717, 1.165) is 25.2 Å². The van der Waals surface area contributed by atoms with Gasteiger partial charge in [-0.2, -0.15) is 0 Å². The normalized spacial score (nSPS) is 10.7. The van der Waals surface area contributed by atoms with E-state index in [1.54, 1.807) is 29.7 Å². The zero-order valence-electron chi connectivity index (χ0n) is 14.6. The highest BCUT2D eigenvalue weighted by atomic mass is 16.2. The number of nitrogens with one attached hydrogen (secondary N) is 1. The van der Waals surface area contributed by atoms with Crippen molar-refractivity contribution in [3.8, 4) is 0 Å². The predicted molar refractivity (Wildman–Crippen MR) is 96.2 cm³/mol. The summed E-state index contributed by atoms with van der Waals surface area (Å²) in [5, 5.41) is 3.29. The summed E-state index contributed by atoms with van der Waals surface area (Å²) in [6, 6.07) is 5.79. The summed E-state index contributed by atoms with van der Waals surface area (Å²) >= 11 is 0. The van der Waals surface area contributed by atoms with E-state index in [1.165, 1.54) is 5.56 Å². The number of amides is 1. The Kier molecular flexibility index (Phi) is 6.69. The number of hydrogen-bond acceptors (Lipinski definition) is 5. The number of nitrogens with zero attached hydrogens (tertiary/aromatic N) is 4. The Morgan fingerprint density at radius 1 is 1.08 bits per heavy atom. The van der Waals surface area contributed by atoms with Crippen molar-refractivity contribution in [1.29, 1.82) is 0 Å². The fourth-order valence-corrected chi connectivity index (χ4v) is 2.25. The molecule has 2 aromatic heterocycles. The Labute approximate surface area is 143 Å². The standard InChI is InChI=1S/C18H25N5O/c1-22(2)11-9-21-17-12-16(13-20-14-17)18(24)23(3)10-6-15-4-7-19-8-5-15/h4-5,7-8,12-14,21H,6,9-11H2,1-3H3. The fourth-order valence-electron chi connectivity index (χ4n) is 2.25. The van der Waals surface area contributed by atoms with Gasteiger partial charge in [-0.3, -0.25) is 14.8 Å². The predicted octanol–water partition coefficient (Wildman–Crippen LogP) is 1.76. The lowest BCUT2D eigenvalue weighted by Gasteiger charge is -2.18. The molecule has 0 radical (unpaired) electrons. The van der Waals surface area contributed by atoms with Crippen LogP contribution in [0.3, 0.4) is 0 Å². The van der Waals surface area contributed by atoms with E-state index in [0.29, 0.717) is 12.1 Å². The molecule has 24 heavy (non-hydrogen) atoms. The monoisotopic (exact) mass is 327 g/mol. The average molecular weight is 327 g/mol. The molecule has 0 saturated heterocycles. The van der Waals surface area contributed by atoms with Crippen LogP contribution in [0.25, 0.3) is 0 Å². The van der Waals surface area contributed by atoms with Gasteiger partial charge in [0.05, 0.1) is 11.3 Å². The Hall–Kier alpha value is -2.47. The number of hydrogen-bond donors (Lipinski definition) is 1. The first-order chi connectivity index (χ1) is 11.6. The quantitative estimate of drug-likeness (QED) is 0.800. The number of rotatable bonds is 8. The first-order valence-electron chi connectivity index (χ1n) is 8.04. The van der Waals surface area contributed by atoms with E-state index in [2.05, 4.69) is 20.2 Å². The van der Waals surface area contributed by atoms with Gasteiger partial charge < -0.3 is 15.1 Å². The SMILES string of the molecule is CN(C)CCNc1cncc(C(=O)N(C)CCc2ccncc2)c1. The third-order valence-corrected chi connectivity index (χ3v) is 3.71. The highest BCUT2D eigenvalue weighted by molar-refractivity contribution is 5.94. The molecule has 0 aromatic carbocycles. The van der Waals surface area contributed by atoms with Gasteiger partial charge in [-0.25, -0.2) is 0 Å². The van der Waals surface area contributed by atoms with Crippen LogP contribution < -0.4 is 5.32 Å². The second-order valence-electron chi connectivity index (χ2n) is 6.02. The molecule has 0 fully saturated rings. The molecule has 0 unspecified atom stereocenters. The van der Waals surface area contributed by atoms with Crippen LogP contribution in [-0.2, 0) is 6.42 Å². The van der Waals surface area contributed by atoms with Crippen LogP contribution in [0.2, 0.25) is 0 Å². The zero-order valence-corrected chi connectivity index (χ0v) is 14.6. The fraction of sp³-hybridized carbons (Fsp3) is 0.389. The minimum atomic E-state index is -0.0205. The maximum atomic E-state index is 12.5. The molecule has 6 heteroatoms. The Balaban J connectivity index is 1.90. The lowest BCUT2D eigenvalue weighted by Crippen LogP contribution is -2.29. The lowest BCUT2D eigenvalue weighted by atomic mass is 10.2. The van der Waals surface area contributed by atoms with Crippen LogP contribution in [-0.4, -0.2) is 66.5 Å². The smallest absolute Gasteiger partial charge is 0.255 e. The number of carbonyl (C=O) groups is 1. The molecular formula is C18H25N5O. The third kappa shape index (κ3) is 5.62. The zero-order chi connectivity index (χ0) is 17.4. The molecule has 0 aliphatic rings. The summed E-state index contributed by atoms with van der Waals surface area (Å²) in [4.78, 5) is 24.5. The summed E-state index contributed by atoms with van der Waals surface area (Å²) in [5.74, 6) is -0.0205. The van der Waals surface area contributed by atoms with Gasteiger partial charge in [-0.05, 0) is 44.3 Å². The molecule has 2 aromatic rings. The minimum absolute atomic E-state index is 0.0205. The molecule has 2 heterocycles. The largest absolute Gasteiger partial charge is 0.382 e. The second kappa shape index (κ2) is 8.98. The molecule has 1 amide bonds. The van der Waals surface area contributed by atoms with Crippen LogP contribution >= 0.6 is 0 Å². The van der Waals surface area contributed by atoms with Gasteiger partial charge in [-0.1, -0.05) is 0 Å². The highest BCUT2D eigenvalue weighted by Gasteiger charge is 2.12. The number of aromatic nitrogens is 2. The Morgan fingerprint density at radius 3 is 2.54 bits per heavy atom. The average Bonchev–Trinajstić information content (AvgIpc) is 2.60. The summed E-state index contributed by atoms with van der Waals surface area (Å²) in [6.45, 7) is 2.38. The topological polar surface area (TPSA) is 61.4 Å². The van der Waals surface area contributed by atoms with Gasteiger partial charge in [0.25, 0.3) is 5.91 Å². The van der Waals surface area contributed by atoms with Gasteiger partial charge in [0.15, 0.2) is 0 Å². The van der Waals surface area contributed by atoms with Gasteiger partial charge in [0.1, 0.15) is 0 Å².